The third kappa shape index (κ3) is 2.18. The topological polar surface area (TPSA) is 9.23 Å². The Morgan fingerprint density at radius 2 is 1.91 bits per heavy atom. The van der Waals surface area contributed by atoms with Gasteiger partial charge in [0, 0.05) is 0 Å². The second-order valence-electron chi connectivity index (χ2n) is 2.14. The van der Waals surface area contributed by atoms with Crippen LogP contribution in [0.15, 0.2) is 24.3 Å². The fourth-order valence-electron chi connectivity index (χ4n) is 0.785. The minimum atomic E-state index is -2.74. The molecule has 0 aliphatic heterocycles. The van der Waals surface area contributed by atoms with E-state index in [4.69, 9.17) is 0 Å². The van der Waals surface area contributed by atoms with Gasteiger partial charge in [-0.25, -0.2) is 0 Å². The number of rotatable bonds is 2. The van der Waals surface area contributed by atoms with E-state index in [9.17, 15) is 8.78 Å². The molecule has 1 rings (SSSR count). The molecule has 0 bridgehead atoms. The second-order valence-corrected chi connectivity index (χ2v) is 2.14. The lowest BCUT2D eigenvalue weighted by molar-refractivity contribution is -0.0502. The van der Waals surface area contributed by atoms with E-state index in [-0.39, 0.29) is 5.75 Å². The minimum Gasteiger partial charge on any atom is -0.435 e. The van der Waals surface area contributed by atoms with Crippen molar-refractivity contribution in [3.05, 3.63) is 29.8 Å². The van der Waals surface area contributed by atoms with Crippen LogP contribution in [0.5, 0.6) is 5.75 Å². The summed E-state index contributed by atoms with van der Waals surface area (Å²) >= 11 is 0. The zero-order valence-corrected chi connectivity index (χ0v) is 6.05. The maximum atomic E-state index is 11.7. The molecule has 1 aromatic rings. The first-order valence-electron chi connectivity index (χ1n) is 3.20. The van der Waals surface area contributed by atoms with Crippen molar-refractivity contribution in [3.8, 4) is 5.75 Å². The van der Waals surface area contributed by atoms with Crippen LogP contribution in [0.25, 0.3) is 0 Å². The lowest BCUT2D eigenvalue weighted by atomic mass is 10.2. The molecule has 11 heavy (non-hydrogen) atoms. The Morgan fingerprint density at radius 3 is 2.45 bits per heavy atom. The molecule has 0 radical (unpaired) electrons. The van der Waals surface area contributed by atoms with Gasteiger partial charge in [-0.05, 0) is 18.6 Å². The van der Waals surface area contributed by atoms with Crippen LogP contribution in [0.1, 0.15) is 5.56 Å². The van der Waals surface area contributed by atoms with Crippen LogP contribution >= 0.6 is 0 Å². The molecule has 0 amide bonds. The number of ether oxygens (including phenoxy) is 1. The molecule has 0 N–H and O–H groups in total. The van der Waals surface area contributed by atoms with Crippen molar-refractivity contribution in [2.75, 3.05) is 0 Å². The molecule has 1 aromatic carbocycles. The van der Waals surface area contributed by atoms with Crippen LogP contribution in [-0.2, 0) is 0 Å². The maximum Gasteiger partial charge on any atom is 0.387 e. The van der Waals surface area contributed by atoms with Gasteiger partial charge in [-0.15, -0.1) is 0 Å². The van der Waals surface area contributed by atoms with Gasteiger partial charge in [0.2, 0.25) is 0 Å². The average molecular weight is 158 g/mol. The van der Waals surface area contributed by atoms with Crippen LogP contribution in [0.2, 0.25) is 0 Å². The molecule has 0 fully saturated rings. The van der Waals surface area contributed by atoms with Gasteiger partial charge in [0.25, 0.3) is 0 Å². The van der Waals surface area contributed by atoms with E-state index >= 15 is 0 Å². The van der Waals surface area contributed by atoms with Crippen molar-refractivity contribution in [1.29, 1.82) is 0 Å². The Morgan fingerprint density at radius 1 is 1.27 bits per heavy atom. The first-order valence-corrected chi connectivity index (χ1v) is 3.20. The van der Waals surface area contributed by atoms with E-state index in [0.29, 0.717) is 5.56 Å². The minimum absolute atomic E-state index is 0.238. The van der Waals surface area contributed by atoms with Gasteiger partial charge in [0.05, 0.1) is 0 Å². The van der Waals surface area contributed by atoms with E-state index in [1.807, 2.05) is 0 Å². The van der Waals surface area contributed by atoms with Gasteiger partial charge < -0.3 is 4.74 Å². The highest BCUT2D eigenvalue weighted by molar-refractivity contribution is 5.31. The molecule has 0 heterocycles. The summed E-state index contributed by atoms with van der Waals surface area (Å²) in [7, 11) is 0. The highest BCUT2D eigenvalue weighted by Gasteiger charge is 2.04. The highest BCUT2D eigenvalue weighted by Crippen LogP contribution is 2.18. The Labute approximate surface area is 63.6 Å². The molecule has 3 heteroatoms. The molecule has 0 unspecified atom stereocenters. The monoisotopic (exact) mass is 158 g/mol. The zero-order chi connectivity index (χ0) is 8.27. The van der Waals surface area contributed by atoms with Crippen molar-refractivity contribution in [3.63, 3.8) is 0 Å². The molecule has 0 saturated heterocycles. The summed E-state index contributed by atoms with van der Waals surface area (Å²) in [6.45, 7) is -1.02. The van der Waals surface area contributed by atoms with Gasteiger partial charge in [0.15, 0.2) is 0 Å². The summed E-state index contributed by atoms with van der Waals surface area (Å²) in [5.41, 5.74) is 0.716. The Balaban J connectivity index is 2.78. The smallest absolute Gasteiger partial charge is 0.387 e. The summed E-state index contributed by atoms with van der Waals surface area (Å²) in [5, 5.41) is 0. The summed E-state index contributed by atoms with van der Waals surface area (Å²) < 4.78 is 27.6. The van der Waals surface area contributed by atoms with E-state index in [1.165, 1.54) is 6.07 Å². The molecular weight excluding hydrogens is 150 g/mol. The van der Waals surface area contributed by atoms with Gasteiger partial charge in [-0.3, -0.25) is 0 Å². The van der Waals surface area contributed by atoms with Crippen molar-refractivity contribution in [1.82, 2.24) is 0 Å². The molecule has 60 valence electrons. The predicted octanol–water partition coefficient (Wildman–Crippen LogP) is 2.60. The number of aryl methyl sites for hydroxylation is 1. The summed E-state index contributed by atoms with van der Waals surface area (Å²) in [6.07, 6.45) is 0. The average Bonchev–Trinajstić information content (AvgIpc) is 1.93. The summed E-state index contributed by atoms with van der Waals surface area (Å²) in [5.74, 6) is 0.238. The number of hydrogen-bond donors (Lipinski definition) is 0. The molecule has 0 aromatic heterocycles. The van der Waals surface area contributed by atoms with Gasteiger partial charge in [-0.1, -0.05) is 18.2 Å². The largest absolute Gasteiger partial charge is 0.435 e. The van der Waals surface area contributed by atoms with Crippen LogP contribution in [0.3, 0.4) is 0 Å². The molecule has 0 aliphatic rings. The lowest BCUT2D eigenvalue weighted by Crippen LogP contribution is -2.02. The Kier molecular flexibility index (Phi) is 2.41. The van der Waals surface area contributed by atoms with E-state index in [2.05, 4.69) is 4.74 Å². The highest BCUT2D eigenvalue weighted by atomic mass is 19.3. The molecule has 0 aliphatic carbocycles. The Hall–Kier alpha value is -1.12. The number of hydrogen-bond acceptors (Lipinski definition) is 1. The molecule has 0 saturated carbocycles. The van der Waals surface area contributed by atoms with Gasteiger partial charge in [0.1, 0.15) is 5.75 Å². The molecular formula is C8H8F2O. The van der Waals surface area contributed by atoms with Gasteiger partial charge in [-0.2, -0.15) is 8.78 Å². The van der Waals surface area contributed by atoms with Gasteiger partial charge >= 0.3 is 6.61 Å². The number of benzene rings is 1. The van der Waals surface area contributed by atoms with Crippen molar-refractivity contribution in [2.45, 2.75) is 13.5 Å². The first-order chi connectivity index (χ1) is 5.20. The van der Waals surface area contributed by atoms with Crippen molar-refractivity contribution < 1.29 is 13.5 Å². The predicted molar refractivity (Wildman–Crippen MR) is 37.8 cm³/mol. The molecule has 0 spiro atoms. The van der Waals surface area contributed by atoms with Crippen LogP contribution in [0.4, 0.5) is 8.78 Å². The van der Waals surface area contributed by atoms with E-state index in [1.54, 1.807) is 25.1 Å². The second kappa shape index (κ2) is 3.32. The maximum absolute atomic E-state index is 11.7. The quantitative estimate of drug-likeness (QED) is 0.642. The van der Waals surface area contributed by atoms with Crippen LogP contribution in [-0.4, -0.2) is 6.61 Å². The fraction of sp³-hybridized carbons (Fsp3) is 0.250. The van der Waals surface area contributed by atoms with Crippen molar-refractivity contribution >= 4 is 0 Å². The number of halogens is 2. The number of alkyl halides is 2. The zero-order valence-electron chi connectivity index (χ0n) is 6.05. The summed E-state index contributed by atoms with van der Waals surface area (Å²) in [6, 6.07) is 6.66. The van der Waals surface area contributed by atoms with Crippen molar-refractivity contribution in [2.24, 2.45) is 0 Å². The summed E-state index contributed by atoms with van der Waals surface area (Å²) in [4.78, 5) is 0. The fourth-order valence-corrected chi connectivity index (χ4v) is 0.785. The number of para-hydroxylation sites is 1. The van der Waals surface area contributed by atoms with Crippen LogP contribution in [0, 0.1) is 6.92 Å². The standard InChI is InChI=1S/C8H8F2O/c1-6-4-2-3-5-7(6)11-8(9)10/h2-5,8H,1H3. The normalized spacial score (nSPS) is 10.2. The van der Waals surface area contributed by atoms with Crippen LogP contribution < -0.4 is 4.74 Å². The third-order valence-electron chi connectivity index (χ3n) is 1.31. The third-order valence-corrected chi connectivity index (χ3v) is 1.31. The van der Waals surface area contributed by atoms with E-state index < -0.39 is 6.61 Å². The SMILES string of the molecule is Cc1ccccc1OC(F)F. The Bertz CT molecular complexity index is 235. The van der Waals surface area contributed by atoms with E-state index in [0.717, 1.165) is 0 Å². The molecule has 0 atom stereocenters. The molecule has 1 nitrogen and oxygen atoms in total. The lowest BCUT2D eigenvalue weighted by Gasteiger charge is -2.05. The first kappa shape index (κ1) is 7.98.